The van der Waals surface area contributed by atoms with Gasteiger partial charge < -0.3 is 14.5 Å². The summed E-state index contributed by atoms with van der Waals surface area (Å²) in [6.07, 6.45) is 3.78. The van der Waals surface area contributed by atoms with E-state index in [-0.39, 0.29) is 6.10 Å². The van der Waals surface area contributed by atoms with Crippen LogP contribution in [0.25, 0.3) is 10.9 Å². The third-order valence-corrected chi connectivity index (χ3v) is 4.28. The molecule has 2 aromatic carbocycles. The molecule has 0 aliphatic heterocycles. The molecule has 0 bridgehead atoms. The molecular formula is C23H25N3O4. The molecule has 7 nitrogen and oxygen atoms in total. The average molecular weight is 407 g/mol. The molecule has 0 amide bonds. The van der Waals surface area contributed by atoms with Crippen LogP contribution in [0.2, 0.25) is 0 Å². The van der Waals surface area contributed by atoms with Crippen LogP contribution in [0.15, 0.2) is 63.7 Å². The molecule has 3 aromatic rings. The average Bonchev–Trinajstić information content (AvgIpc) is 2.70. The second-order valence-electron chi connectivity index (χ2n) is 6.94. The van der Waals surface area contributed by atoms with Crippen LogP contribution in [0.1, 0.15) is 31.9 Å². The van der Waals surface area contributed by atoms with Crippen molar-refractivity contribution in [3.8, 4) is 11.5 Å². The maximum atomic E-state index is 12.7. The van der Waals surface area contributed by atoms with E-state index >= 15 is 0 Å². The topological polar surface area (TPSA) is 85.7 Å². The zero-order chi connectivity index (χ0) is 21.7. The van der Waals surface area contributed by atoms with Crippen molar-refractivity contribution in [2.45, 2.75) is 33.3 Å². The van der Waals surface area contributed by atoms with E-state index in [9.17, 15) is 9.59 Å². The van der Waals surface area contributed by atoms with E-state index < -0.39 is 11.2 Å². The Kier molecular flexibility index (Phi) is 6.51. The molecule has 30 heavy (non-hydrogen) atoms. The Balaban J connectivity index is 2.09. The summed E-state index contributed by atoms with van der Waals surface area (Å²) in [5.74, 6) is 1.23. The summed E-state index contributed by atoms with van der Waals surface area (Å²) in [5, 5.41) is 4.52. The molecule has 0 aliphatic carbocycles. The van der Waals surface area contributed by atoms with E-state index in [2.05, 4.69) is 16.7 Å². The number of ether oxygens (including phenoxy) is 2. The monoisotopic (exact) mass is 407 g/mol. The first-order chi connectivity index (χ1) is 14.4. The minimum absolute atomic E-state index is 0.0259. The number of hydrogen-bond acceptors (Lipinski definition) is 5. The molecule has 0 fully saturated rings. The van der Waals surface area contributed by atoms with Gasteiger partial charge in [0.1, 0.15) is 0 Å². The van der Waals surface area contributed by atoms with Crippen molar-refractivity contribution >= 4 is 17.1 Å². The maximum Gasteiger partial charge on any atom is 0.349 e. The van der Waals surface area contributed by atoms with E-state index in [1.54, 1.807) is 36.4 Å². The Labute approximate surface area is 174 Å². The van der Waals surface area contributed by atoms with Gasteiger partial charge in [-0.3, -0.25) is 4.79 Å². The molecule has 0 saturated heterocycles. The molecule has 0 saturated carbocycles. The van der Waals surface area contributed by atoms with Crippen molar-refractivity contribution in [2.75, 3.05) is 6.61 Å². The van der Waals surface area contributed by atoms with E-state index in [1.165, 1.54) is 6.21 Å². The van der Waals surface area contributed by atoms with Crippen molar-refractivity contribution in [1.29, 1.82) is 0 Å². The Morgan fingerprint density at radius 3 is 2.70 bits per heavy atom. The van der Waals surface area contributed by atoms with Gasteiger partial charge in [0.15, 0.2) is 11.5 Å². The summed E-state index contributed by atoms with van der Waals surface area (Å²) in [6, 6.07) is 10.5. The second kappa shape index (κ2) is 9.26. The van der Waals surface area contributed by atoms with Gasteiger partial charge in [-0.05, 0) is 57.0 Å². The second-order valence-corrected chi connectivity index (χ2v) is 6.94. The molecule has 0 spiro atoms. The third-order valence-electron chi connectivity index (χ3n) is 4.28. The largest absolute Gasteiger partial charge is 0.490 e. The smallest absolute Gasteiger partial charge is 0.349 e. The number of aromatic amines is 1. The van der Waals surface area contributed by atoms with Gasteiger partial charge in [0.05, 0.1) is 29.8 Å². The minimum Gasteiger partial charge on any atom is -0.490 e. The number of rotatable bonds is 8. The molecule has 3 rings (SSSR count). The maximum absolute atomic E-state index is 12.7. The van der Waals surface area contributed by atoms with Crippen LogP contribution in [-0.2, 0) is 6.42 Å². The van der Waals surface area contributed by atoms with Crippen LogP contribution in [0.3, 0.4) is 0 Å². The highest BCUT2D eigenvalue weighted by atomic mass is 16.5. The molecule has 156 valence electrons. The molecule has 1 heterocycles. The van der Waals surface area contributed by atoms with Crippen molar-refractivity contribution in [2.24, 2.45) is 5.10 Å². The first kappa shape index (κ1) is 21.1. The Morgan fingerprint density at radius 2 is 2.00 bits per heavy atom. The first-order valence-electron chi connectivity index (χ1n) is 9.80. The summed E-state index contributed by atoms with van der Waals surface area (Å²) >= 11 is 0. The lowest BCUT2D eigenvalue weighted by atomic mass is 10.1. The number of H-pyrrole nitrogens is 1. The normalized spacial score (nSPS) is 11.3. The summed E-state index contributed by atoms with van der Waals surface area (Å²) in [6.45, 7) is 10.1. The Morgan fingerprint density at radius 1 is 1.23 bits per heavy atom. The van der Waals surface area contributed by atoms with Crippen molar-refractivity contribution in [3.05, 3.63) is 81.0 Å². The lowest BCUT2D eigenvalue weighted by Gasteiger charge is -2.18. The number of allylic oxidation sites excluding steroid dienone is 1. The zero-order valence-corrected chi connectivity index (χ0v) is 17.3. The quantitative estimate of drug-likeness (QED) is 0.458. The number of para-hydroxylation sites is 1. The van der Waals surface area contributed by atoms with Crippen LogP contribution in [-0.4, -0.2) is 28.6 Å². The van der Waals surface area contributed by atoms with Gasteiger partial charge in [-0.1, -0.05) is 18.2 Å². The number of nitrogens with one attached hydrogen (secondary N) is 1. The fraction of sp³-hybridized carbons (Fsp3) is 0.261. The predicted octanol–water partition coefficient (Wildman–Crippen LogP) is 3.49. The molecule has 0 aliphatic rings. The van der Waals surface area contributed by atoms with Crippen molar-refractivity contribution in [3.63, 3.8) is 0 Å². The SMILES string of the molecule is C=CCc1cc(C=Nn2c(=O)[nH]c3ccccc3c2=O)cc(OCC)c1OC(C)C. The lowest BCUT2D eigenvalue weighted by Crippen LogP contribution is -2.32. The van der Waals surface area contributed by atoms with Gasteiger partial charge in [0.2, 0.25) is 0 Å². The summed E-state index contributed by atoms with van der Waals surface area (Å²) in [7, 11) is 0. The van der Waals surface area contributed by atoms with E-state index in [0.717, 1.165) is 10.2 Å². The summed E-state index contributed by atoms with van der Waals surface area (Å²) in [4.78, 5) is 27.6. The van der Waals surface area contributed by atoms with Crippen LogP contribution >= 0.6 is 0 Å². The summed E-state index contributed by atoms with van der Waals surface area (Å²) in [5.41, 5.74) is 0.936. The third kappa shape index (κ3) is 4.51. The number of hydrogen-bond donors (Lipinski definition) is 1. The highest BCUT2D eigenvalue weighted by Crippen LogP contribution is 2.34. The van der Waals surface area contributed by atoms with Crippen molar-refractivity contribution < 1.29 is 9.47 Å². The molecule has 0 radical (unpaired) electrons. The fourth-order valence-corrected chi connectivity index (χ4v) is 3.08. The van der Waals surface area contributed by atoms with Crippen LogP contribution in [0.5, 0.6) is 11.5 Å². The van der Waals surface area contributed by atoms with Crippen LogP contribution < -0.4 is 20.7 Å². The van der Waals surface area contributed by atoms with Gasteiger partial charge in [0, 0.05) is 5.56 Å². The van der Waals surface area contributed by atoms with Crippen LogP contribution in [0, 0.1) is 0 Å². The number of nitrogens with zero attached hydrogens (tertiary/aromatic N) is 2. The van der Waals surface area contributed by atoms with E-state index in [4.69, 9.17) is 9.47 Å². The standard InChI is InChI=1S/C23H25N3O4/c1-5-9-17-12-16(13-20(29-6-2)21(17)30-15(3)4)14-24-26-22(27)18-10-7-8-11-19(18)25-23(26)28/h5,7-8,10-15H,1,6,9H2,2-4H3,(H,25,28). The van der Waals surface area contributed by atoms with Gasteiger partial charge in [-0.15, -0.1) is 11.3 Å². The van der Waals surface area contributed by atoms with Gasteiger partial charge in [-0.2, -0.15) is 5.10 Å². The number of aromatic nitrogens is 2. The molecule has 1 aromatic heterocycles. The lowest BCUT2D eigenvalue weighted by molar-refractivity contribution is 0.222. The van der Waals surface area contributed by atoms with Gasteiger partial charge in [0.25, 0.3) is 5.56 Å². The molecule has 1 N–H and O–H groups in total. The van der Waals surface area contributed by atoms with E-state index in [1.807, 2.05) is 26.8 Å². The minimum atomic E-state index is -0.606. The van der Waals surface area contributed by atoms with E-state index in [0.29, 0.717) is 41.0 Å². The molecular weight excluding hydrogens is 382 g/mol. The van der Waals surface area contributed by atoms with Crippen molar-refractivity contribution in [1.82, 2.24) is 9.66 Å². The Bertz CT molecular complexity index is 1210. The highest BCUT2D eigenvalue weighted by molar-refractivity contribution is 5.82. The van der Waals surface area contributed by atoms with Gasteiger partial charge in [-0.25, -0.2) is 4.79 Å². The molecule has 0 unspecified atom stereocenters. The number of benzene rings is 2. The first-order valence-corrected chi connectivity index (χ1v) is 9.80. The number of fused-ring (bicyclic) bond motifs is 1. The predicted molar refractivity (Wildman–Crippen MR) is 119 cm³/mol. The fourth-order valence-electron chi connectivity index (χ4n) is 3.08. The van der Waals surface area contributed by atoms with Crippen LogP contribution in [0.4, 0.5) is 0 Å². The zero-order valence-electron chi connectivity index (χ0n) is 17.3. The highest BCUT2D eigenvalue weighted by Gasteiger charge is 2.14. The molecule has 0 atom stereocenters. The molecule has 7 heteroatoms. The Hall–Kier alpha value is -3.61. The summed E-state index contributed by atoms with van der Waals surface area (Å²) < 4.78 is 12.5. The van der Waals surface area contributed by atoms with Gasteiger partial charge >= 0.3 is 5.69 Å².